The summed E-state index contributed by atoms with van der Waals surface area (Å²) < 4.78 is 11.7. The van der Waals surface area contributed by atoms with Crippen molar-refractivity contribution in [1.82, 2.24) is 0 Å². The number of hydrogen-bond acceptors (Lipinski definition) is 6. The average molecular weight is 417 g/mol. The SMILES string of the molecule is O=C(Nc1cccc([N+](=O)[O-])c1)OC1CN=C(c2ccccc2)OC1c1ccccc1. The van der Waals surface area contributed by atoms with Crippen LogP contribution in [0.4, 0.5) is 16.2 Å². The van der Waals surface area contributed by atoms with E-state index in [0.29, 0.717) is 5.90 Å². The molecule has 8 nitrogen and oxygen atoms in total. The van der Waals surface area contributed by atoms with Crippen LogP contribution in [0.15, 0.2) is 89.9 Å². The van der Waals surface area contributed by atoms with Gasteiger partial charge in [-0.05, 0) is 23.8 Å². The number of carbonyl (C=O) groups excluding carboxylic acids is 1. The van der Waals surface area contributed by atoms with E-state index in [2.05, 4.69) is 10.3 Å². The van der Waals surface area contributed by atoms with Crippen molar-refractivity contribution in [2.24, 2.45) is 4.99 Å². The largest absolute Gasteiger partial charge is 0.465 e. The van der Waals surface area contributed by atoms with E-state index in [1.165, 1.54) is 18.2 Å². The van der Waals surface area contributed by atoms with Crippen LogP contribution in [0.1, 0.15) is 17.2 Å². The summed E-state index contributed by atoms with van der Waals surface area (Å²) in [6.07, 6.45) is -1.97. The number of amides is 1. The maximum absolute atomic E-state index is 12.5. The molecule has 1 amide bonds. The molecule has 2 atom stereocenters. The number of hydrogen-bond donors (Lipinski definition) is 1. The van der Waals surface area contributed by atoms with Gasteiger partial charge in [0.05, 0.1) is 17.2 Å². The molecule has 0 spiro atoms. The number of nitro benzene ring substituents is 1. The number of ether oxygens (including phenoxy) is 2. The van der Waals surface area contributed by atoms with Gasteiger partial charge in [0, 0.05) is 17.7 Å². The van der Waals surface area contributed by atoms with Crippen LogP contribution in [0, 0.1) is 10.1 Å². The molecule has 3 aromatic rings. The zero-order valence-corrected chi connectivity index (χ0v) is 16.4. The summed E-state index contributed by atoms with van der Waals surface area (Å²) in [5.41, 5.74) is 1.82. The fourth-order valence-electron chi connectivity index (χ4n) is 3.25. The van der Waals surface area contributed by atoms with Crippen molar-refractivity contribution in [1.29, 1.82) is 0 Å². The highest BCUT2D eigenvalue weighted by Crippen LogP contribution is 2.29. The van der Waals surface area contributed by atoms with Gasteiger partial charge >= 0.3 is 6.09 Å². The molecule has 1 heterocycles. The van der Waals surface area contributed by atoms with Gasteiger partial charge in [-0.15, -0.1) is 0 Å². The molecule has 1 aliphatic rings. The Bertz CT molecular complexity index is 1100. The second-order valence-corrected chi connectivity index (χ2v) is 6.84. The first-order valence-corrected chi connectivity index (χ1v) is 9.64. The lowest BCUT2D eigenvalue weighted by atomic mass is 10.0. The van der Waals surface area contributed by atoms with Gasteiger partial charge in [-0.25, -0.2) is 9.79 Å². The fourth-order valence-corrected chi connectivity index (χ4v) is 3.25. The van der Waals surface area contributed by atoms with Crippen molar-refractivity contribution in [2.75, 3.05) is 11.9 Å². The lowest BCUT2D eigenvalue weighted by Crippen LogP contribution is -2.37. The summed E-state index contributed by atoms with van der Waals surface area (Å²) in [4.78, 5) is 27.3. The molecule has 0 radical (unpaired) electrons. The lowest BCUT2D eigenvalue weighted by Gasteiger charge is -2.31. The molecule has 1 N–H and O–H groups in total. The lowest BCUT2D eigenvalue weighted by molar-refractivity contribution is -0.384. The maximum Gasteiger partial charge on any atom is 0.412 e. The average Bonchev–Trinajstić information content (AvgIpc) is 2.80. The first kappa shape index (κ1) is 20.1. The summed E-state index contributed by atoms with van der Waals surface area (Å²) in [6, 6.07) is 24.6. The zero-order chi connectivity index (χ0) is 21.6. The van der Waals surface area contributed by atoms with E-state index < -0.39 is 23.2 Å². The molecule has 0 saturated heterocycles. The molecule has 0 fully saturated rings. The van der Waals surface area contributed by atoms with Gasteiger partial charge in [-0.1, -0.05) is 54.6 Å². The van der Waals surface area contributed by atoms with E-state index in [4.69, 9.17) is 9.47 Å². The van der Waals surface area contributed by atoms with E-state index in [0.717, 1.165) is 11.1 Å². The second kappa shape index (κ2) is 9.08. The normalized spacial score (nSPS) is 17.7. The van der Waals surface area contributed by atoms with Gasteiger partial charge in [0.1, 0.15) is 0 Å². The predicted molar refractivity (Wildman–Crippen MR) is 115 cm³/mol. The van der Waals surface area contributed by atoms with Crippen LogP contribution in [-0.4, -0.2) is 29.6 Å². The van der Waals surface area contributed by atoms with E-state index in [-0.39, 0.29) is 17.9 Å². The van der Waals surface area contributed by atoms with Gasteiger partial charge in [0.25, 0.3) is 5.69 Å². The molecule has 1 aliphatic heterocycles. The van der Waals surface area contributed by atoms with Crippen LogP contribution >= 0.6 is 0 Å². The molecule has 0 saturated carbocycles. The van der Waals surface area contributed by atoms with Crippen molar-refractivity contribution >= 4 is 23.4 Å². The first-order valence-electron chi connectivity index (χ1n) is 9.64. The smallest absolute Gasteiger partial charge is 0.412 e. The molecule has 156 valence electrons. The maximum atomic E-state index is 12.5. The Morgan fingerprint density at radius 3 is 2.45 bits per heavy atom. The number of nitrogens with one attached hydrogen (secondary N) is 1. The van der Waals surface area contributed by atoms with Crippen LogP contribution in [0.2, 0.25) is 0 Å². The predicted octanol–water partition coefficient (Wildman–Crippen LogP) is 4.73. The van der Waals surface area contributed by atoms with Crippen LogP contribution < -0.4 is 5.32 Å². The van der Waals surface area contributed by atoms with Gasteiger partial charge in [-0.2, -0.15) is 0 Å². The summed E-state index contributed by atoms with van der Waals surface area (Å²) in [6.45, 7) is 0.214. The number of nitrogens with zero attached hydrogens (tertiary/aromatic N) is 2. The first-order chi connectivity index (χ1) is 15.1. The van der Waals surface area contributed by atoms with Crippen LogP contribution in [0.3, 0.4) is 0 Å². The third-order valence-corrected chi connectivity index (χ3v) is 4.70. The van der Waals surface area contributed by atoms with E-state index in [1.807, 2.05) is 60.7 Å². The molecule has 8 heteroatoms. The topological polar surface area (TPSA) is 103 Å². The quantitative estimate of drug-likeness (QED) is 0.477. The third-order valence-electron chi connectivity index (χ3n) is 4.70. The molecular weight excluding hydrogens is 398 g/mol. The molecule has 0 bridgehead atoms. The van der Waals surface area contributed by atoms with E-state index in [1.54, 1.807) is 6.07 Å². The molecule has 0 aliphatic carbocycles. The number of aliphatic imine (C=N–C) groups is 1. The summed E-state index contributed by atoms with van der Waals surface area (Å²) in [5.74, 6) is 0.480. The number of non-ortho nitro benzene ring substituents is 1. The highest BCUT2D eigenvalue weighted by molar-refractivity contribution is 5.94. The van der Waals surface area contributed by atoms with Crippen molar-refractivity contribution in [3.8, 4) is 0 Å². The van der Waals surface area contributed by atoms with E-state index >= 15 is 0 Å². The van der Waals surface area contributed by atoms with E-state index in [9.17, 15) is 14.9 Å². The van der Waals surface area contributed by atoms with Crippen molar-refractivity contribution < 1.29 is 19.2 Å². The Balaban J connectivity index is 1.52. The molecular formula is C23H19N3O5. The van der Waals surface area contributed by atoms with Gasteiger partial charge in [0.15, 0.2) is 12.2 Å². The second-order valence-electron chi connectivity index (χ2n) is 6.84. The standard InChI is InChI=1S/C23H19N3O5/c27-23(25-18-12-7-13-19(14-18)26(28)29)30-20-15-24-22(17-10-5-2-6-11-17)31-21(20)16-8-3-1-4-9-16/h1-14,20-21H,15H2,(H,25,27). The molecule has 31 heavy (non-hydrogen) atoms. The molecule has 2 unspecified atom stereocenters. The summed E-state index contributed by atoms with van der Waals surface area (Å²) in [5, 5.41) is 13.5. The van der Waals surface area contributed by atoms with Crippen molar-refractivity contribution in [2.45, 2.75) is 12.2 Å². The number of carbonyl (C=O) groups is 1. The Kier molecular flexibility index (Phi) is 5.89. The summed E-state index contributed by atoms with van der Waals surface area (Å²) in [7, 11) is 0. The number of nitro groups is 1. The van der Waals surface area contributed by atoms with Crippen LogP contribution in [0.5, 0.6) is 0 Å². The number of rotatable bonds is 5. The minimum absolute atomic E-state index is 0.127. The van der Waals surface area contributed by atoms with Crippen molar-refractivity contribution in [3.63, 3.8) is 0 Å². The zero-order valence-electron chi connectivity index (χ0n) is 16.4. The van der Waals surface area contributed by atoms with Gasteiger partial charge < -0.3 is 9.47 Å². The Hall–Kier alpha value is -4.20. The van der Waals surface area contributed by atoms with Crippen LogP contribution in [0.25, 0.3) is 0 Å². The van der Waals surface area contributed by atoms with Crippen molar-refractivity contribution in [3.05, 3.63) is 106 Å². The highest BCUT2D eigenvalue weighted by Gasteiger charge is 2.33. The Morgan fingerprint density at radius 1 is 1.03 bits per heavy atom. The third kappa shape index (κ3) is 4.87. The van der Waals surface area contributed by atoms with Gasteiger partial charge in [-0.3, -0.25) is 15.4 Å². The number of anilines is 1. The Labute approximate surface area is 178 Å². The van der Waals surface area contributed by atoms with Gasteiger partial charge in [0.2, 0.25) is 5.90 Å². The molecule has 3 aromatic carbocycles. The monoisotopic (exact) mass is 417 g/mol. The fraction of sp³-hybridized carbons (Fsp3) is 0.130. The number of benzene rings is 3. The molecule has 0 aromatic heterocycles. The minimum atomic E-state index is -0.742. The van der Waals surface area contributed by atoms with Crippen LogP contribution in [-0.2, 0) is 9.47 Å². The molecule has 4 rings (SSSR count). The Morgan fingerprint density at radius 2 is 1.74 bits per heavy atom. The highest BCUT2D eigenvalue weighted by atomic mass is 16.6. The summed E-state index contributed by atoms with van der Waals surface area (Å²) >= 11 is 0. The minimum Gasteiger partial charge on any atom is -0.465 e.